The lowest BCUT2D eigenvalue weighted by Crippen LogP contribution is -1.86. The number of nitrogens with zero attached hydrogens (tertiary/aromatic N) is 3. The molecule has 0 bridgehead atoms. The molecule has 7 heteroatoms. The molecule has 0 aromatic carbocycles. The van der Waals surface area contributed by atoms with Crippen LogP contribution < -0.4 is 0 Å². The number of sulfone groups is 1. The van der Waals surface area contributed by atoms with Gasteiger partial charge in [0.15, 0.2) is 0 Å². The van der Waals surface area contributed by atoms with Crippen LogP contribution in [0.25, 0.3) is 10.4 Å². The molecule has 0 saturated heterocycles. The van der Waals surface area contributed by atoms with Gasteiger partial charge in [-0.05, 0) is 12.0 Å². The minimum atomic E-state index is -2.67. The van der Waals surface area contributed by atoms with Gasteiger partial charge in [0.1, 0.15) is 9.84 Å². The highest BCUT2D eigenvalue weighted by Crippen LogP contribution is 1.92. The summed E-state index contributed by atoms with van der Waals surface area (Å²) in [6, 6.07) is 0. The maximum absolute atomic E-state index is 9.63. The smallest absolute Gasteiger partial charge is 0.144 e. The van der Waals surface area contributed by atoms with Crippen LogP contribution >= 0.6 is 12.4 Å². The third kappa shape index (κ3) is 62.1. The number of hydrogen-bond acceptors (Lipinski definition) is 3. The van der Waals surface area contributed by atoms with Crippen molar-refractivity contribution in [3.63, 3.8) is 0 Å². The molecule has 0 fully saturated rings. The molecule has 0 aliphatic carbocycles. The van der Waals surface area contributed by atoms with Gasteiger partial charge in [0.25, 0.3) is 0 Å². The van der Waals surface area contributed by atoms with Crippen LogP contribution in [0.15, 0.2) is 5.11 Å². The van der Waals surface area contributed by atoms with E-state index >= 15 is 0 Å². The van der Waals surface area contributed by atoms with Gasteiger partial charge in [-0.3, -0.25) is 0 Å². The Labute approximate surface area is 91.8 Å². The molecule has 0 N–H and O–H groups in total. The highest BCUT2D eigenvalue weighted by molar-refractivity contribution is 7.89. The lowest BCUT2D eigenvalue weighted by Gasteiger charge is -1.86. The van der Waals surface area contributed by atoms with E-state index in [9.17, 15) is 8.42 Å². The molecule has 0 heterocycles. The van der Waals surface area contributed by atoms with Crippen molar-refractivity contribution in [1.29, 1.82) is 0 Å². The van der Waals surface area contributed by atoms with Gasteiger partial charge >= 0.3 is 0 Å². The molecule has 0 aliphatic heterocycles. The molecule has 0 radical (unpaired) electrons. The van der Waals surface area contributed by atoms with Gasteiger partial charge in [0.2, 0.25) is 0 Å². The van der Waals surface area contributed by atoms with Crippen molar-refractivity contribution in [3.05, 3.63) is 10.4 Å². The van der Waals surface area contributed by atoms with Gasteiger partial charge in [-0.25, -0.2) is 8.42 Å². The van der Waals surface area contributed by atoms with E-state index in [1.807, 2.05) is 0 Å². The fraction of sp³-hybridized carbons (Fsp3) is 1.00. The van der Waals surface area contributed by atoms with Crippen LogP contribution in [0.4, 0.5) is 0 Å². The molecule has 5 nitrogen and oxygen atoms in total. The zero-order chi connectivity index (χ0) is 10.7. The van der Waals surface area contributed by atoms with Crippen LogP contribution in [0.5, 0.6) is 0 Å². The number of rotatable bonds is 4. The lowest BCUT2D eigenvalue weighted by atomic mass is 10.3. The zero-order valence-electron chi connectivity index (χ0n) is 8.80. The Kier molecular flexibility index (Phi) is 17.2. The summed E-state index contributed by atoms with van der Waals surface area (Å²) in [5, 5.41) is 3.39. The van der Waals surface area contributed by atoms with Crippen LogP contribution in [-0.2, 0) is 9.84 Å². The second kappa shape index (κ2) is 12.6. The summed E-state index contributed by atoms with van der Waals surface area (Å²) in [4.78, 5) is 2.63. The molecule has 0 unspecified atom stereocenters. The normalized spacial score (nSPS) is 8.79. The Morgan fingerprint density at radius 2 is 1.71 bits per heavy atom. The maximum Gasteiger partial charge on any atom is 0.144 e. The quantitative estimate of drug-likeness (QED) is 0.329. The molecule has 86 valence electrons. The SMILES string of the molecule is CCCCCN=[N+]=[N-].CS(C)(=O)=O.Cl. The molecule has 0 amide bonds. The average molecular weight is 244 g/mol. The van der Waals surface area contributed by atoms with Crippen LogP contribution in [0, 0.1) is 0 Å². The topological polar surface area (TPSA) is 82.9 Å². The molecule has 0 saturated carbocycles. The van der Waals surface area contributed by atoms with Crippen molar-refractivity contribution in [3.8, 4) is 0 Å². The first-order chi connectivity index (χ1) is 5.91. The molecular formula is C7H18ClN3O2S. The monoisotopic (exact) mass is 243 g/mol. The first kappa shape index (κ1) is 19.2. The lowest BCUT2D eigenvalue weighted by molar-refractivity contribution is 0.607. The molecule has 0 aromatic heterocycles. The summed E-state index contributed by atoms with van der Waals surface area (Å²) in [5.74, 6) is 0. The number of unbranched alkanes of at least 4 members (excludes halogenated alkanes) is 2. The Hall–Kier alpha value is -0.450. The molecule has 0 atom stereocenters. The summed E-state index contributed by atoms with van der Waals surface area (Å²) in [6.45, 7) is 2.78. The predicted molar refractivity (Wildman–Crippen MR) is 61.6 cm³/mol. The second-order valence-corrected chi connectivity index (χ2v) is 5.09. The van der Waals surface area contributed by atoms with Gasteiger partial charge < -0.3 is 0 Å². The first-order valence-corrected chi connectivity index (χ1v) is 6.37. The molecule has 0 spiro atoms. The minimum Gasteiger partial charge on any atom is -0.229 e. The summed E-state index contributed by atoms with van der Waals surface area (Å²) in [5.41, 5.74) is 7.82. The van der Waals surface area contributed by atoms with Gasteiger partial charge in [0.05, 0.1) is 0 Å². The molecule has 0 rings (SSSR count). The van der Waals surface area contributed by atoms with Crippen molar-refractivity contribution in [2.45, 2.75) is 26.2 Å². The van der Waals surface area contributed by atoms with Crippen LogP contribution in [0.1, 0.15) is 26.2 Å². The third-order valence-electron chi connectivity index (χ3n) is 0.925. The van der Waals surface area contributed by atoms with E-state index in [1.165, 1.54) is 12.8 Å². The molecule has 0 aromatic rings. The molecule has 14 heavy (non-hydrogen) atoms. The van der Waals surface area contributed by atoms with Crippen molar-refractivity contribution >= 4 is 22.2 Å². The number of azide groups is 1. The Balaban J connectivity index is -0.000000177. The van der Waals surface area contributed by atoms with E-state index in [4.69, 9.17) is 5.53 Å². The highest BCUT2D eigenvalue weighted by Gasteiger charge is 1.79. The largest absolute Gasteiger partial charge is 0.229 e. The average Bonchev–Trinajstić information content (AvgIpc) is 1.95. The molecule has 0 aliphatic rings. The van der Waals surface area contributed by atoms with Gasteiger partial charge in [-0.1, -0.05) is 24.9 Å². The van der Waals surface area contributed by atoms with E-state index in [1.54, 1.807) is 0 Å². The van der Waals surface area contributed by atoms with Crippen LogP contribution in [0.2, 0.25) is 0 Å². The van der Waals surface area contributed by atoms with Crippen molar-refractivity contribution in [2.75, 3.05) is 19.1 Å². The Bertz CT molecular complexity index is 240. The summed E-state index contributed by atoms with van der Waals surface area (Å²) in [6.07, 6.45) is 5.69. The number of hydrogen-bond donors (Lipinski definition) is 0. The summed E-state index contributed by atoms with van der Waals surface area (Å²) >= 11 is 0. The number of halogens is 1. The standard InChI is InChI=1S/C5H11N3.C2H6O2S.ClH/c1-2-3-4-5-7-8-6;1-5(2,3)4;/h2-5H2,1H3;1-2H3;1H. The second-order valence-electron chi connectivity index (χ2n) is 2.80. The van der Waals surface area contributed by atoms with Crippen molar-refractivity contribution in [2.24, 2.45) is 5.11 Å². The van der Waals surface area contributed by atoms with Crippen molar-refractivity contribution < 1.29 is 8.42 Å². The zero-order valence-corrected chi connectivity index (χ0v) is 10.4. The van der Waals surface area contributed by atoms with Crippen LogP contribution in [0.3, 0.4) is 0 Å². The third-order valence-corrected chi connectivity index (χ3v) is 0.925. The first-order valence-electron chi connectivity index (χ1n) is 4.07. The van der Waals surface area contributed by atoms with Gasteiger partial charge in [-0.2, -0.15) is 0 Å². The van der Waals surface area contributed by atoms with E-state index in [-0.39, 0.29) is 12.4 Å². The summed E-state index contributed by atoms with van der Waals surface area (Å²) < 4.78 is 19.3. The Morgan fingerprint density at radius 1 is 1.29 bits per heavy atom. The maximum atomic E-state index is 9.63. The van der Waals surface area contributed by atoms with E-state index < -0.39 is 9.84 Å². The van der Waals surface area contributed by atoms with E-state index in [0.29, 0.717) is 6.54 Å². The van der Waals surface area contributed by atoms with E-state index in [2.05, 4.69) is 16.9 Å². The highest BCUT2D eigenvalue weighted by atomic mass is 35.5. The van der Waals surface area contributed by atoms with Gasteiger partial charge in [-0.15, -0.1) is 12.4 Å². The van der Waals surface area contributed by atoms with Gasteiger partial charge in [0, 0.05) is 24.0 Å². The Morgan fingerprint density at radius 3 is 2.00 bits per heavy atom. The fourth-order valence-electron chi connectivity index (χ4n) is 0.477. The predicted octanol–water partition coefficient (Wildman–Crippen LogP) is 2.57. The van der Waals surface area contributed by atoms with Crippen molar-refractivity contribution in [1.82, 2.24) is 0 Å². The van der Waals surface area contributed by atoms with Crippen LogP contribution in [-0.4, -0.2) is 27.5 Å². The summed E-state index contributed by atoms with van der Waals surface area (Å²) in [7, 11) is -2.67. The molecular weight excluding hydrogens is 226 g/mol. The fourth-order valence-corrected chi connectivity index (χ4v) is 0.477. The minimum absolute atomic E-state index is 0. The van der Waals surface area contributed by atoms with E-state index in [0.717, 1.165) is 18.9 Å².